The van der Waals surface area contributed by atoms with Crippen molar-refractivity contribution in [2.24, 2.45) is 5.92 Å². The number of benzene rings is 1. The number of hydrogen-bond donors (Lipinski definition) is 1. The van der Waals surface area contributed by atoms with Gasteiger partial charge in [0.25, 0.3) is 0 Å². The number of amides is 1. The number of nitrogens with zero attached hydrogens (tertiary/aromatic N) is 5. The summed E-state index contributed by atoms with van der Waals surface area (Å²) in [6.07, 6.45) is 3.30. The summed E-state index contributed by atoms with van der Waals surface area (Å²) in [6.45, 7) is 1.49. The summed E-state index contributed by atoms with van der Waals surface area (Å²) in [6, 6.07) is 15.4. The quantitative estimate of drug-likeness (QED) is 0.787. The van der Waals surface area contributed by atoms with Crippen LogP contribution in [0, 0.1) is 17.2 Å². The predicted octanol–water partition coefficient (Wildman–Crippen LogP) is 2.46. The molecule has 7 heteroatoms. The summed E-state index contributed by atoms with van der Waals surface area (Å²) in [5.41, 5.74) is 2.31. The van der Waals surface area contributed by atoms with Gasteiger partial charge in [0.1, 0.15) is 6.07 Å². The molecule has 0 spiro atoms. The molecular formula is C19H18N6O. The van der Waals surface area contributed by atoms with Gasteiger partial charge < -0.3 is 4.90 Å². The molecule has 130 valence electrons. The normalized spacial score (nSPS) is 15.0. The van der Waals surface area contributed by atoms with Crippen LogP contribution in [0.25, 0.3) is 5.65 Å². The fourth-order valence-corrected chi connectivity index (χ4v) is 3.37. The number of nitrogens with one attached hydrogen (secondary N) is 1. The number of carbonyl (C=O) groups excluding carboxylic acids is 1. The minimum Gasteiger partial charge on any atom is -0.370 e. The molecule has 3 aromatic rings. The SMILES string of the molecule is N#Cc1ccccc1N1CCC(C(=O)Nc2nnc3ccccn23)CC1. The first-order chi connectivity index (χ1) is 12.8. The van der Waals surface area contributed by atoms with Crippen molar-refractivity contribution in [2.75, 3.05) is 23.3 Å². The lowest BCUT2D eigenvalue weighted by Crippen LogP contribution is -2.38. The molecule has 1 aliphatic rings. The van der Waals surface area contributed by atoms with E-state index in [2.05, 4.69) is 26.5 Å². The highest BCUT2D eigenvalue weighted by molar-refractivity contribution is 5.91. The minimum absolute atomic E-state index is 0.0311. The smallest absolute Gasteiger partial charge is 0.235 e. The van der Waals surface area contributed by atoms with E-state index in [1.807, 2.05) is 48.7 Å². The molecule has 0 atom stereocenters. The van der Waals surface area contributed by atoms with Crippen molar-refractivity contribution in [1.29, 1.82) is 5.26 Å². The van der Waals surface area contributed by atoms with E-state index < -0.39 is 0 Å². The molecule has 1 amide bonds. The van der Waals surface area contributed by atoms with Crippen molar-refractivity contribution in [1.82, 2.24) is 14.6 Å². The molecular weight excluding hydrogens is 328 g/mol. The zero-order valence-electron chi connectivity index (χ0n) is 14.2. The van der Waals surface area contributed by atoms with Crippen LogP contribution in [0.2, 0.25) is 0 Å². The zero-order valence-corrected chi connectivity index (χ0v) is 14.2. The standard InChI is InChI=1S/C19H18N6O/c20-13-15-5-1-2-6-16(15)24-11-8-14(9-12-24)18(26)21-19-23-22-17-7-3-4-10-25(17)19/h1-7,10,14H,8-9,11-12H2,(H,21,23,26). The van der Waals surface area contributed by atoms with Crippen molar-refractivity contribution in [3.8, 4) is 6.07 Å². The van der Waals surface area contributed by atoms with Gasteiger partial charge in [-0.05, 0) is 37.1 Å². The summed E-state index contributed by atoms with van der Waals surface area (Å²) in [5.74, 6) is 0.343. The second-order valence-electron chi connectivity index (χ2n) is 6.33. The van der Waals surface area contributed by atoms with E-state index in [1.165, 1.54) is 0 Å². The first kappa shape index (κ1) is 16.1. The van der Waals surface area contributed by atoms with Gasteiger partial charge in [0.15, 0.2) is 5.65 Å². The molecule has 7 nitrogen and oxygen atoms in total. The maximum Gasteiger partial charge on any atom is 0.235 e. The van der Waals surface area contributed by atoms with Gasteiger partial charge in [0.2, 0.25) is 11.9 Å². The van der Waals surface area contributed by atoms with E-state index >= 15 is 0 Å². The van der Waals surface area contributed by atoms with E-state index in [0.717, 1.165) is 31.6 Å². The maximum atomic E-state index is 12.6. The third-order valence-corrected chi connectivity index (χ3v) is 4.78. The van der Waals surface area contributed by atoms with Crippen molar-refractivity contribution >= 4 is 23.2 Å². The number of carbonyl (C=O) groups is 1. The molecule has 3 heterocycles. The lowest BCUT2D eigenvalue weighted by atomic mass is 9.95. The predicted molar refractivity (Wildman–Crippen MR) is 97.7 cm³/mol. The van der Waals surface area contributed by atoms with E-state index in [9.17, 15) is 10.1 Å². The Morgan fingerprint density at radius 1 is 1.12 bits per heavy atom. The van der Waals surface area contributed by atoms with Crippen LogP contribution in [0.15, 0.2) is 48.7 Å². The van der Waals surface area contributed by atoms with E-state index in [4.69, 9.17) is 0 Å². The number of fused-ring (bicyclic) bond motifs is 1. The fourth-order valence-electron chi connectivity index (χ4n) is 3.37. The van der Waals surface area contributed by atoms with E-state index in [1.54, 1.807) is 4.40 Å². The topological polar surface area (TPSA) is 86.3 Å². The van der Waals surface area contributed by atoms with Gasteiger partial charge in [-0.1, -0.05) is 18.2 Å². The zero-order chi connectivity index (χ0) is 17.9. The first-order valence-corrected chi connectivity index (χ1v) is 8.61. The van der Waals surface area contributed by atoms with Gasteiger partial charge in [0, 0.05) is 25.2 Å². The lowest BCUT2D eigenvalue weighted by Gasteiger charge is -2.33. The Bertz CT molecular complexity index is 981. The van der Waals surface area contributed by atoms with Crippen LogP contribution in [0.1, 0.15) is 18.4 Å². The monoisotopic (exact) mass is 346 g/mol. The molecule has 0 saturated carbocycles. The number of hydrogen-bond acceptors (Lipinski definition) is 5. The molecule has 26 heavy (non-hydrogen) atoms. The number of nitriles is 1. The summed E-state index contributed by atoms with van der Waals surface area (Å²) in [4.78, 5) is 14.8. The molecule has 2 aromatic heterocycles. The van der Waals surface area contributed by atoms with Crippen LogP contribution in [0.5, 0.6) is 0 Å². The molecule has 0 radical (unpaired) electrons. The Labute approximate surface area is 150 Å². The highest BCUT2D eigenvalue weighted by atomic mass is 16.2. The van der Waals surface area contributed by atoms with Crippen LogP contribution in [0.4, 0.5) is 11.6 Å². The Morgan fingerprint density at radius 3 is 2.69 bits per heavy atom. The molecule has 1 aromatic carbocycles. The number of rotatable bonds is 3. The third-order valence-electron chi connectivity index (χ3n) is 4.78. The van der Waals surface area contributed by atoms with Crippen LogP contribution in [0.3, 0.4) is 0 Å². The summed E-state index contributed by atoms with van der Waals surface area (Å²) < 4.78 is 1.76. The van der Waals surface area contributed by atoms with Crippen LogP contribution in [-0.2, 0) is 4.79 Å². The second-order valence-corrected chi connectivity index (χ2v) is 6.33. The molecule has 0 unspecified atom stereocenters. The number of anilines is 2. The van der Waals surface area contributed by atoms with Crippen molar-refractivity contribution in [2.45, 2.75) is 12.8 Å². The van der Waals surface area contributed by atoms with Gasteiger partial charge in [-0.15, -0.1) is 10.2 Å². The van der Waals surface area contributed by atoms with Gasteiger partial charge in [0.05, 0.1) is 11.3 Å². The second kappa shape index (κ2) is 6.84. The van der Waals surface area contributed by atoms with Crippen molar-refractivity contribution in [3.05, 3.63) is 54.2 Å². The first-order valence-electron chi connectivity index (χ1n) is 8.61. The minimum atomic E-state index is -0.0726. The molecule has 0 bridgehead atoms. The van der Waals surface area contributed by atoms with E-state index in [0.29, 0.717) is 17.2 Å². The molecule has 4 rings (SSSR count). The lowest BCUT2D eigenvalue weighted by molar-refractivity contribution is -0.120. The average molecular weight is 346 g/mol. The van der Waals surface area contributed by atoms with E-state index in [-0.39, 0.29) is 11.8 Å². The number of piperidine rings is 1. The summed E-state index contributed by atoms with van der Waals surface area (Å²) in [5, 5.41) is 20.3. The highest BCUT2D eigenvalue weighted by Gasteiger charge is 2.26. The number of para-hydroxylation sites is 1. The Morgan fingerprint density at radius 2 is 1.88 bits per heavy atom. The molecule has 1 saturated heterocycles. The molecule has 0 aliphatic carbocycles. The van der Waals surface area contributed by atoms with Gasteiger partial charge >= 0.3 is 0 Å². The maximum absolute atomic E-state index is 12.6. The van der Waals surface area contributed by atoms with Crippen LogP contribution < -0.4 is 10.2 Å². The number of aromatic nitrogens is 3. The third kappa shape index (κ3) is 2.97. The Hall–Kier alpha value is -3.40. The van der Waals surface area contributed by atoms with Crippen molar-refractivity contribution in [3.63, 3.8) is 0 Å². The largest absolute Gasteiger partial charge is 0.370 e. The van der Waals surface area contributed by atoms with Gasteiger partial charge in [-0.25, -0.2) is 0 Å². The summed E-state index contributed by atoms with van der Waals surface area (Å²) in [7, 11) is 0. The van der Waals surface area contributed by atoms with Crippen LogP contribution >= 0.6 is 0 Å². The summed E-state index contributed by atoms with van der Waals surface area (Å²) >= 11 is 0. The molecule has 1 fully saturated rings. The molecule has 1 aliphatic heterocycles. The fraction of sp³-hybridized carbons (Fsp3) is 0.263. The van der Waals surface area contributed by atoms with Gasteiger partial charge in [-0.3, -0.25) is 14.5 Å². The van der Waals surface area contributed by atoms with Crippen LogP contribution in [-0.4, -0.2) is 33.6 Å². The highest BCUT2D eigenvalue weighted by Crippen LogP contribution is 2.26. The molecule has 1 N–H and O–H groups in total. The number of pyridine rings is 1. The van der Waals surface area contributed by atoms with Crippen molar-refractivity contribution < 1.29 is 4.79 Å². The Balaban J connectivity index is 1.42. The van der Waals surface area contributed by atoms with Gasteiger partial charge in [-0.2, -0.15) is 5.26 Å². The Kier molecular flexibility index (Phi) is 4.23. The average Bonchev–Trinajstić information content (AvgIpc) is 3.11.